The van der Waals surface area contributed by atoms with E-state index in [1.54, 1.807) is 0 Å². The van der Waals surface area contributed by atoms with E-state index in [4.69, 9.17) is 4.84 Å². The van der Waals surface area contributed by atoms with Gasteiger partial charge in [-0.1, -0.05) is 43.0 Å². The molecular weight excluding hydrogens is 198 g/mol. The lowest BCUT2D eigenvalue weighted by atomic mass is 9.94. The van der Waals surface area contributed by atoms with Gasteiger partial charge < -0.3 is 4.84 Å². The van der Waals surface area contributed by atoms with Gasteiger partial charge in [-0.15, -0.1) is 0 Å². The summed E-state index contributed by atoms with van der Waals surface area (Å²) in [5.41, 5.74) is 6.51. The Morgan fingerprint density at radius 2 is 2.31 bits per heavy atom. The number of nitrogens with one attached hydrogen (secondary N) is 1. The Hall–Kier alpha value is -1.38. The summed E-state index contributed by atoms with van der Waals surface area (Å²) in [5, 5.41) is 0. The maximum absolute atomic E-state index is 5.17. The minimum Gasteiger partial charge on any atom is -0.301 e. The maximum Gasteiger partial charge on any atom is 0.0701 e. The van der Waals surface area contributed by atoms with Crippen LogP contribution in [0.1, 0.15) is 24.5 Å². The minimum atomic E-state index is 0.242. The smallest absolute Gasteiger partial charge is 0.0701 e. The molecule has 1 atom stereocenters. The molecule has 0 spiro atoms. The molecule has 1 aromatic rings. The first-order valence-corrected chi connectivity index (χ1v) is 5.61. The van der Waals surface area contributed by atoms with Gasteiger partial charge in [0.1, 0.15) is 0 Å². The van der Waals surface area contributed by atoms with Gasteiger partial charge in [0.05, 0.1) is 12.6 Å². The highest BCUT2D eigenvalue weighted by atomic mass is 16.7. The van der Waals surface area contributed by atoms with Gasteiger partial charge in [0.15, 0.2) is 0 Å². The van der Waals surface area contributed by atoms with Crippen molar-refractivity contribution in [1.29, 1.82) is 0 Å². The molecule has 16 heavy (non-hydrogen) atoms. The van der Waals surface area contributed by atoms with Crippen LogP contribution >= 0.6 is 0 Å². The highest BCUT2D eigenvalue weighted by Crippen LogP contribution is 2.25. The highest BCUT2D eigenvalue weighted by Gasteiger charge is 2.20. The number of allylic oxidation sites excluding steroid dienone is 1. The Morgan fingerprint density at radius 1 is 1.50 bits per heavy atom. The lowest BCUT2D eigenvalue weighted by Gasteiger charge is -2.14. The van der Waals surface area contributed by atoms with Crippen LogP contribution in [0.5, 0.6) is 0 Å². The standard InChI is InChI=1S/C14H17NO/c1-3-6-12-7-4-5-8-13(12)11(2)14-9-10-16-15-14/h3-8,14-15H,2,9-10H2,1H3/b6-3-/t14-/m1/s1. The normalized spacial score (nSPS) is 20.4. The van der Waals surface area contributed by atoms with Gasteiger partial charge in [0, 0.05) is 0 Å². The van der Waals surface area contributed by atoms with Gasteiger partial charge in [0.2, 0.25) is 0 Å². The predicted octanol–water partition coefficient (Wildman–Crippen LogP) is 3.03. The van der Waals surface area contributed by atoms with Crippen molar-refractivity contribution >= 4 is 11.6 Å². The molecule has 2 nitrogen and oxygen atoms in total. The third-order valence-corrected chi connectivity index (χ3v) is 2.81. The number of hydrogen-bond acceptors (Lipinski definition) is 2. The molecule has 1 aromatic carbocycles. The zero-order valence-electron chi connectivity index (χ0n) is 9.57. The average Bonchev–Trinajstić information content (AvgIpc) is 2.83. The van der Waals surface area contributed by atoms with E-state index in [2.05, 4.69) is 30.3 Å². The molecule has 0 saturated carbocycles. The summed E-state index contributed by atoms with van der Waals surface area (Å²) >= 11 is 0. The summed E-state index contributed by atoms with van der Waals surface area (Å²) < 4.78 is 0. The van der Waals surface area contributed by atoms with Gasteiger partial charge in [-0.25, -0.2) is 0 Å². The molecule has 0 bridgehead atoms. The van der Waals surface area contributed by atoms with Crippen LogP contribution in [0, 0.1) is 0 Å². The lowest BCUT2D eigenvalue weighted by molar-refractivity contribution is 0.0955. The molecule has 0 radical (unpaired) electrons. The van der Waals surface area contributed by atoms with Crippen molar-refractivity contribution in [3.63, 3.8) is 0 Å². The molecule has 2 rings (SSSR count). The second kappa shape index (κ2) is 5.10. The SMILES string of the molecule is C=C(c1ccccc1/C=C\C)[C@H]1CCON1. The van der Waals surface area contributed by atoms with Crippen molar-refractivity contribution in [2.75, 3.05) is 6.61 Å². The number of hydrogen-bond donors (Lipinski definition) is 1. The molecule has 0 unspecified atom stereocenters. The van der Waals surface area contributed by atoms with E-state index in [1.807, 2.05) is 25.1 Å². The fourth-order valence-corrected chi connectivity index (χ4v) is 1.94. The summed E-state index contributed by atoms with van der Waals surface area (Å²) in [7, 11) is 0. The third kappa shape index (κ3) is 2.23. The van der Waals surface area contributed by atoms with E-state index >= 15 is 0 Å². The maximum atomic E-state index is 5.17. The van der Waals surface area contributed by atoms with E-state index in [0.717, 1.165) is 18.6 Å². The zero-order chi connectivity index (χ0) is 11.4. The summed E-state index contributed by atoms with van der Waals surface area (Å²) in [6, 6.07) is 8.55. The lowest BCUT2D eigenvalue weighted by Crippen LogP contribution is -2.21. The average molecular weight is 215 g/mol. The fraction of sp³-hybridized carbons (Fsp3) is 0.286. The van der Waals surface area contributed by atoms with Crippen molar-refractivity contribution in [2.24, 2.45) is 0 Å². The Labute approximate surface area is 96.6 Å². The van der Waals surface area contributed by atoms with Crippen LogP contribution in [-0.4, -0.2) is 12.6 Å². The second-order valence-corrected chi connectivity index (χ2v) is 3.92. The number of hydroxylamine groups is 1. The van der Waals surface area contributed by atoms with E-state index in [1.165, 1.54) is 11.1 Å². The van der Waals surface area contributed by atoms with Crippen molar-refractivity contribution in [1.82, 2.24) is 5.48 Å². The van der Waals surface area contributed by atoms with Crippen LogP contribution in [0.4, 0.5) is 0 Å². The summed E-state index contributed by atoms with van der Waals surface area (Å²) in [6.45, 7) is 6.96. The van der Waals surface area contributed by atoms with E-state index in [-0.39, 0.29) is 6.04 Å². The van der Waals surface area contributed by atoms with Gasteiger partial charge in [0.25, 0.3) is 0 Å². The Kier molecular flexibility index (Phi) is 3.54. The predicted molar refractivity (Wildman–Crippen MR) is 67.7 cm³/mol. The molecule has 1 aliphatic rings. The zero-order valence-corrected chi connectivity index (χ0v) is 9.57. The van der Waals surface area contributed by atoms with E-state index in [0.29, 0.717) is 0 Å². The van der Waals surface area contributed by atoms with E-state index < -0.39 is 0 Å². The van der Waals surface area contributed by atoms with Gasteiger partial charge in [-0.05, 0) is 30.0 Å². The van der Waals surface area contributed by atoms with Crippen LogP contribution in [0.15, 0.2) is 36.9 Å². The monoisotopic (exact) mass is 215 g/mol. The first-order valence-electron chi connectivity index (χ1n) is 5.61. The number of benzene rings is 1. The molecule has 1 saturated heterocycles. The van der Waals surface area contributed by atoms with Crippen molar-refractivity contribution in [3.8, 4) is 0 Å². The molecule has 1 heterocycles. The molecule has 0 amide bonds. The largest absolute Gasteiger partial charge is 0.301 e. The fourth-order valence-electron chi connectivity index (χ4n) is 1.94. The molecule has 84 valence electrons. The van der Waals surface area contributed by atoms with Gasteiger partial charge in [-0.3, -0.25) is 0 Å². The van der Waals surface area contributed by atoms with Crippen LogP contribution in [0.3, 0.4) is 0 Å². The van der Waals surface area contributed by atoms with Crippen molar-refractivity contribution < 1.29 is 4.84 Å². The molecule has 0 aliphatic carbocycles. The Balaban J connectivity index is 2.28. The molecule has 1 aliphatic heterocycles. The topological polar surface area (TPSA) is 21.3 Å². The molecular formula is C14H17NO. The molecule has 0 aromatic heterocycles. The quantitative estimate of drug-likeness (QED) is 0.836. The van der Waals surface area contributed by atoms with E-state index in [9.17, 15) is 0 Å². The third-order valence-electron chi connectivity index (χ3n) is 2.81. The number of rotatable bonds is 3. The Bertz CT molecular complexity index is 403. The minimum absolute atomic E-state index is 0.242. The second-order valence-electron chi connectivity index (χ2n) is 3.92. The first-order chi connectivity index (χ1) is 7.83. The van der Waals surface area contributed by atoms with Crippen LogP contribution in [-0.2, 0) is 4.84 Å². The Morgan fingerprint density at radius 3 is 3.00 bits per heavy atom. The highest BCUT2D eigenvalue weighted by molar-refractivity contribution is 5.75. The van der Waals surface area contributed by atoms with Crippen LogP contribution in [0.2, 0.25) is 0 Å². The van der Waals surface area contributed by atoms with Gasteiger partial charge in [-0.2, -0.15) is 5.48 Å². The van der Waals surface area contributed by atoms with Crippen LogP contribution in [0.25, 0.3) is 11.6 Å². The van der Waals surface area contributed by atoms with Gasteiger partial charge >= 0.3 is 0 Å². The summed E-state index contributed by atoms with van der Waals surface area (Å²) in [5.74, 6) is 0. The molecule has 1 N–H and O–H groups in total. The molecule has 2 heteroatoms. The van der Waals surface area contributed by atoms with Crippen molar-refractivity contribution in [3.05, 3.63) is 48.0 Å². The molecule has 1 fully saturated rings. The first kappa shape index (κ1) is 11.1. The summed E-state index contributed by atoms with van der Waals surface area (Å²) in [4.78, 5) is 5.17. The van der Waals surface area contributed by atoms with Crippen molar-refractivity contribution in [2.45, 2.75) is 19.4 Å². The summed E-state index contributed by atoms with van der Waals surface area (Å²) in [6.07, 6.45) is 5.14. The van der Waals surface area contributed by atoms with Crippen LogP contribution < -0.4 is 5.48 Å².